The van der Waals surface area contributed by atoms with Gasteiger partial charge in [0, 0.05) is 18.9 Å². The van der Waals surface area contributed by atoms with Crippen LogP contribution in [0.3, 0.4) is 0 Å². The molecule has 6 heteroatoms. The molecule has 6 nitrogen and oxygen atoms in total. The molecule has 18 heavy (non-hydrogen) atoms. The third-order valence-corrected chi connectivity index (χ3v) is 3.13. The summed E-state index contributed by atoms with van der Waals surface area (Å²) in [6.07, 6.45) is 8.90. The van der Waals surface area contributed by atoms with Crippen LogP contribution in [-0.4, -0.2) is 21.8 Å². The molecule has 2 aromatic rings. The van der Waals surface area contributed by atoms with Crippen molar-refractivity contribution in [3.05, 3.63) is 24.9 Å². The van der Waals surface area contributed by atoms with Gasteiger partial charge in [-0.15, -0.1) is 0 Å². The first kappa shape index (κ1) is 11.0. The summed E-state index contributed by atoms with van der Waals surface area (Å²) < 4.78 is 10.7. The molecule has 0 spiro atoms. The molecule has 1 saturated carbocycles. The second-order valence-corrected chi connectivity index (χ2v) is 4.27. The number of aromatic nitrogens is 2. The number of carbonyl (C=O) groups excluding carboxylic acids is 1. The monoisotopic (exact) mass is 247 g/mol. The molecule has 1 aliphatic rings. The van der Waals surface area contributed by atoms with Crippen LogP contribution in [0.25, 0.3) is 0 Å². The zero-order valence-electron chi connectivity index (χ0n) is 9.78. The number of carbonyl (C=O) groups is 1. The number of oxazole rings is 2. The van der Waals surface area contributed by atoms with Crippen LogP contribution in [-0.2, 0) is 4.79 Å². The molecule has 0 bridgehead atoms. The quantitative estimate of drug-likeness (QED) is 0.828. The van der Waals surface area contributed by atoms with Crippen LogP contribution in [0.4, 0.5) is 12.0 Å². The molecule has 0 saturated heterocycles. The van der Waals surface area contributed by atoms with E-state index in [4.69, 9.17) is 8.83 Å². The fraction of sp³-hybridized carbons (Fsp3) is 0.417. The lowest BCUT2D eigenvalue weighted by Gasteiger charge is -2.29. The van der Waals surface area contributed by atoms with E-state index in [2.05, 4.69) is 9.97 Å². The van der Waals surface area contributed by atoms with Gasteiger partial charge in [0.25, 0.3) is 0 Å². The molecule has 0 unspecified atom stereocenters. The second-order valence-electron chi connectivity index (χ2n) is 4.27. The van der Waals surface area contributed by atoms with Crippen molar-refractivity contribution in [1.82, 2.24) is 9.97 Å². The number of hydrogen-bond donors (Lipinski definition) is 0. The summed E-state index contributed by atoms with van der Waals surface area (Å²) in [5, 5.41) is 0. The summed E-state index contributed by atoms with van der Waals surface area (Å²) in [5.41, 5.74) is 0. The van der Waals surface area contributed by atoms with Gasteiger partial charge in [-0.1, -0.05) is 0 Å². The van der Waals surface area contributed by atoms with E-state index >= 15 is 0 Å². The largest absolute Gasteiger partial charge is 0.432 e. The maximum Gasteiger partial charge on any atom is 0.305 e. The minimum Gasteiger partial charge on any atom is -0.432 e. The molecule has 3 rings (SSSR count). The van der Waals surface area contributed by atoms with E-state index in [0.29, 0.717) is 30.7 Å². The molecule has 0 radical (unpaired) electrons. The first-order valence-corrected chi connectivity index (χ1v) is 5.94. The third-order valence-electron chi connectivity index (χ3n) is 3.13. The molecule has 0 atom stereocenters. The van der Waals surface area contributed by atoms with Crippen LogP contribution >= 0.6 is 0 Å². The molecule has 0 aliphatic heterocycles. The molecule has 2 aromatic heterocycles. The van der Waals surface area contributed by atoms with Crippen molar-refractivity contribution in [3.8, 4) is 0 Å². The van der Waals surface area contributed by atoms with Crippen molar-refractivity contribution in [2.75, 3.05) is 4.90 Å². The Balaban J connectivity index is 1.88. The van der Waals surface area contributed by atoms with Crippen LogP contribution in [0.5, 0.6) is 0 Å². The minimum atomic E-state index is 0.139. The average Bonchev–Trinajstić information content (AvgIpc) is 3.06. The van der Waals surface area contributed by atoms with Gasteiger partial charge in [0.1, 0.15) is 18.3 Å². The van der Waals surface area contributed by atoms with Gasteiger partial charge in [-0.2, -0.15) is 0 Å². The maximum absolute atomic E-state index is 11.3. The SMILES string of the molecule is O=C1CCC(N(c2ncco2)c2ncco2)CC1. The van der Waals surface area contributed by atoms with Crippen LogP contribution in [0.2, 0.25) is 0 Å². The molecule has 1 aliphatic carbocycles. The molecule has 94 valence electrons. The van der Waals surface area contributed by atoms with Gasteiger partial charge in [-0.05, 0) is 12.8 Å². The van der Waals surface area contributed by atoms with E-state index in [0.717, 1.165) is 12.8 Å². The Labute approximate surface area is 104 Å². The van der Waals surface area contributed by atoms with Crippen molar-refractivity contribution in [2.45, 2.75) is 31.7 Å². The predicted molar refractivity (Wildman–Crippen MR) is 62.4 cm³/mol. The van der Waals surface area contributed by atoms with Crippen LogP contribution < -0.4 is 4.90 Å². The minimum absolute atomic E-state index is 0.139. The van der Waals surface area contributed by atoms with Crippen molar-refractivity contribution in [2.24, 2.45) is 0 Å². The Morgan fingerprint density at radius 3 is 2.06 bits per heavy atom. The predicted octanol–water partition coefficient (Wildman–Crippen LogP) is 2.31. The Kier molecular flexibility index (Phi) is 2.84. The van der Waals surface area contributed by atoms with E-state index < -0.39 is 0 Å². The highest BCUT2D eigenvalue weighted by atomic mass is 16.4. The van der Waals surface area contributed by atoms with E-state index in [9.17, 15) is 4.79 Å². The normalized spacial score (nSPS) is 17.0. The Bertz CT molecular complexity index is 462. The van der Waals surface area contributed by atoms with E-state index in [1.165, 1.54) is 12.5 Å². The van der Waals surface area contributed by atoms with Gasteiger partial charge in [0.15, 0.2) is 0 Å². The van der Waals surface area contributed by atoms with E-state index in [1.807, 2.05) is 4.90 Å². The Hall–Kier alpha value is -2.11. The fourth-order valence-corrected chi connectivity index (χ4v) is 2.25. The smallest absolute Gasteiger partial charge is 0.305 e. The number of anilines is 2. The molecule has 0 amide bonds. The van der Waals surface area contributed by atoms with Gasteiger partial charge in [0.2, 0.25) is 0 Å². The number of Topliss-reactive ketones (excluding diaryl/α,β-unsaturated/α-hetero) is 1. The van der Waals surface area contributed by atoms with Gasteiger partial charge in [-0.3, -0.25) is 4.79 Å². The van der Waals surface area contributed by atoms with Gasteiger partial charge in [-0.25, -0.2) is 14.9 Å². The number of nitrogens with zero attached hydrogens (tertiary/aromatic N) is 3. The standard InChI is InChI=1S/C12H13N3O3/c16-10-3-1-9(2-4-10)15(11-13-5-7-17-11)12-14-6-8-18-12/h5-9H,1-4H2. The fourth-order valence-electron chi connectivity index (χ4n) is 2.25. The summed E-state index contributed by atoms with van der Waals surface area (Å²) in [4.78, 5) is 21.4. The molecule has 0 aromatic carbocycles. The maximum atomic E-state index is 11.3. The lowest BCUT2D eigenvalue weighted by molar-refractivity contribution is -0.120. The van der Waals surface area contributed by atoms with Crippen LogP contribution in [0, 0.1) is 0 Å². The second kappa shape index (κ2) is 4.64. The molecular weight excluding hydrogens is 234 g/mol. The molecule has 0 N–H and O–H groups in total. The lowest BCUT2D eigenvalue weighted by atomic mass is 9.93. The van der Waals surface area contributed by atoms with Gasteiger partial charge >= 0.3 is 12.0 Å². The lowest BCUT2D eigenvalue weighted by Crippen LogP contribution is -2.35. The highest BCUT2D eigenvalue weighted by Crippen LogP contribution is 2.31. The molecular formula is C12H13N3O3. The topological polar surface area (TPSA) is 72.4 Å². The van der Waals surface area contributed by atoms with Crippen molar-refractivity contribution in [3.63, 3.8) is 0 Å². The number of rotatable bonds is 3. The van der Waals surface area contributed by atoms with Crippen LogP contribution in [0.15, 0.2) is 33.8 Å². The molecule has 1 fully saturated rings. The van der Waals surface area contributed by atoms with Crippen LogP contribution in [0.1, 0.15) is 25.7 Å². The molecule has 2 heterocycles. The summed E-state index contributed by atoms with van der Waals surface area (Å²) in [6.45, 7) is 0. The summed E-state index contributed by atoms with van der Waals surface area (Å²) >= 11 is 0. The summed E-state index contributed by atoms with van der Waals surface area (Å²) in [6, 6.07) is 1.05. The van der Waals surface area contributed by atoms with Gasteiger partial charge < -0.3 is 8.83 Å². The zero-order chi connectivity index (χ0) is 12.4. The highest BCUT2D eigenvalue weighted by molar-refractivity contribution is 5.79. The first-order valence-electron chi connectivity index (χ1n) is 5.94. The Morgan fingerprint density at radius 1 is 1.06 bits per heavy atom. The van der Waals surface area contributed by atoms with Crippen molar-refractivity contribution < 1.29 is 13.6 Å². The average molecular weight is 247 g/mol. The third kappa shape index (κ3) is 2.01. The first-order chi connectivity index (χ1) is 8.84. The summed E-state index contributed by atoms with van der Waals surface area (Å²) in [7, 11) is 0. The summed E-state index contributed by atoms with van der Waals surface area (Å²) in [5.74, 6) is 0.311. The Morgan fingerprint density at radius 2 is 1.61 bits per heavy atom. The van der Waals surface area contributed by atoms with E-state index in [1.54, 1.807) is 12.4 Å². The highest BCUT2D eigenvalue weighted by Gasteiger charge is 2.30. The number of ketones is 1. The van der Waals surface area contributed by atoms with Crippen molar-refractivity contribution in [1.29, 1.82) is 0 Å². The number of hydrogen-bond acceptors (Lipinski definition) is 6. The van der Waals surface area contributed by atoms with Gasteiger partial charge in [0.05, 0.1) is 12.4 Å². The van der Waals surface area contributed by atoms with E-state index in [-0.39, 0.29) is 6.04 Å². The van der Waals surface area contributed by atoms with Crippen molar-refractivity contribution >= 4 is 17.8 Å². The zero-order valence-corrected chi connectivity index (χ0v) is 9.78.